The molecule has 222 valence electrons. The Morgan fingerprint density at radius 1 is 0.952 bits per heavy atom. The summed E-state index contributed by atoms with van der Waals surface area (Å²) in [7, 11) is -3.08. The number of nitrogens with one attached hydrogen (secondary N) is 1. The van der Waals surface area contributed by atoms with Crippen molar-refractivity contribution >= 4 is 36.5 Å². The SMILES string of the molecule is CC(=O)O[C@@H]1[C@@H]([C@@H](O)CO[Si](c2ccccc2)(c2ccccc2)C(C)(C)C)OC(=O)[C@@]1(CO)NC(=O)c1ccccc1. The Morgan fingerprint density at radius 3 is 1.90 bits per heavy atom. The molecule has 1 heterocycles. The topological polar surface area (TPSA) is 131 Å². The summed E-state index contributed by atoms with van der Waals surface area (Å²) >= 11 is 0. The number of rotatable bonds is 10. The molecule has 1 aliphatic heterocycles. The molecule has 1 fully saturated rings. The van der Waals surface area contributed by atoms with Crippen molar-refractivity contribution in [1.29, 1.82) is 0 Å². The Bertz CT molecular complexity index is 1340. The van der Waals surface area contributed by atoms with Crippen LogP contribution < -0.4 is 15.7 Å². The standard InChI is InChI=1S/C32H37NO8Si/c1-22(35)40-28-27(41-30(38)32(28,21-34)33-29(37)23-14-8-5-9-15-23)26(36)20-39-42(31(2,3)4,24-16-10-6-11-17-24)25-18-12-7-13-19-25/h5-19,26-28,34,36H,20-21H2,1-4H3,(H,33,37)/t26-,27+,28+,32-/m0/s1. The molecule has 0 saturated carbocycles. The summed E-state index contributed by atoms with van der Waals surface area (Å²) in [6.45, 7) is 6.17. The van der Waals surface area contributed by atoms with E-state index in [1.54, 1.807) is 18.2 Å². The molecule has 3 aromatic carbocycles. The normalized spacial score (nSPS) is 21.3. The Labute approximate surface area is 246 Å². The van der Waals surface area contributed by atoms with Crippen molar-refractivity contribution in [3.63, 3.8) is 0 Å². The van der Waals surface area contributed by atoms with Gasteiger partial charge in [0.2, 0.25) is 5.54 Å². The maximum atomic E-state index is 13.3. The predicted molar refractivity (Wildman–Crippen MR) is 159 cm³/mol. The Hall–Kier alpha value is -3.83. The number of aliphatic hydroxyl groups is 2. The summed E-state index contributed by atoms with van der Waals surface area (Å²) in [5, 5.41) is 26.0. The molecule has 0 radical (unpaired) electrons. The molecule has 1 amide bonds. The van der Waals surface area contributed by atoms with Gasteiger partial charge in [-0.2, -0.15) is 0 Å². The zero-order chi connectivity index (χ0) is 30.5. The van der Waals surface area contributed by atoms with Crippen molar-refractivity contribution in [2.75, 3.05) is 13.2 Å². The van der Waals surface area contributed by atoms with Crippen LogP contribution in [-0.4, -0.2) is 73.4 Å². The average molecular weight is 592 g/mol. The molecule has 1 aliphatic rings. The first kappa shape index (κ1) is 31.1. The third kappa shape index (κ3) is 5.89. The van der Waals surface area contributed by atoms with Crippen LogP contribution in [0.3, 0.4) is 0 Å². The van der Waals surface area contributed by atoms with Gasteiger partial charge in [0, 0.05) is 12.5 Å². The molecule has 3 aromatic rings. The number of esters is 2. The minimum Gasteiger partial charge on any atom is -0.455 e. The van der Waals surface area contributed by atoms with Gasteiger partial charge in [-0.1, -0.05) is 99.6 Å². The number of ether oxygens (including phenoxy) is 2. The molecule has 9 nitrogen and oxygen atoms in total. The fraction of sp³-hybridized carbons (Fsp3) is 0.344. The molecule has 10 heteroatoms. The molecule has 0 spiro atoms. The number of benzene rings is 3. The zero-order valence-corrected chi connectivity index (χ0v) is 25.2. The van der Waals surface area contributed by atoms with Crippen LogP contribution in [0, 0.1) is 0 Å². The highest BCUT2D eigenvalue weighted by molar-refractivity contribution is 6.99. The second-order valence-corrected chi connectivity index (χ2v) is 15.7. The van der Waals surface area contributed by atoms with E-state index in [9.17, 15) is 24.6 Å². The highest BCUT2D eigenvalue weighted by atomic mass is 28.4. The number of amides is 1. The van der Waals surface area contributed by atoms with Crippen molar-refractivity contribution in [3.05, 3.63) is 96.6 Å². The van der Waals surface area contributed by atoms with Crippen LogP contribution in [0.4, 0.5) is 0 Å². The monoisotopic (exact) mass is 591 g/mol. The van der Waals surface area contributed by atoms with Crippen LogP contribution in [0.1, 0.15) is 38.1 Å². The van der Waals surface area contributed by atoms with Gasteiger partial charge in [0.15, 0.2) is 12.2 Å². The number of hydrogen-bond acceptors (Lipinski definition) is 8. The largest absolute Gasteiger partial charge is 0.455 e. The van der Waals surface area contributed by atoms with Crippen LogP contribution in [0.2, 0.25) is 5.04 Å². The highest BCUT2D eigenvalue weighted by Gasteiger charge is 2.63. The van der Waals surface area contributed by atoms with Gasteiger partial charge < -0.3 is 29.4 Å². The van der Waals surface area contributed by atoms with E-state index >= 15 is 0 Å². The van der Waals surface area contributed by atoms with Crippen molar-refractivity contribution in [2.24, 2.45) is 0 Å². The molecule has 0 unspecified atom stereocenters. The van der Waals surface area contributed by atoms with E-state index in [4.69, 9.17) is 13.9 Å². The van der Waals surface area contributed by atoms with E-state index in [1.165, 1.54) is 12.1 Å². The number of carbonyl (C=O) groups is 3. The molecule has 1 saturated heterocycles. The average Bonchev–Trinajstić information content (AvgIpc) is 3.24. The second-order valence-electron chi connectivity index (χ2n) is 11.4. The first-order valence-corrected chi connectivity index (χ1v) is 15.7. The van der Waals surface area contributed by atoms with E-state index in [0.29, 0.717) is 0 Å². The summed E-state index contributed by atoms with van der Waals surface area (Å²) in [6, 6.07) is 27.7. The van der Waals surface area contributed by atoms with Crippen LogP contribution in [0.15, 0.2) is 91.0 Å². The Morgan fingerprint density at radius 2 is 1.45 bits per heavy atom. The summed E-state index contributed by atoms with van der Waals surface area (Å²) in [6.07, 6.45) is -4.43. The third-order valence-electron chi connectivity index (χ3n) is 7.57. The lowest BCUT2D eigenvalue weighted by Crippen LogP contribution is -2.67. The van der Waals surface area contributed by atoms with Gasteiger partial charge >= 0.3 is 11.9 Å². The maximum absolute atomic E-state index is 13.3. The van der Waals surface area contributed by atoms with Gasteiger partial charge in [-0.3, -0.25) is 9.59 Å². The first-order valence-electron chi connectivity index (χ1n) is 13.8. The van der Waals surface area contributed by atoms with Gasteiger partial charge in [0.05, 0.1) is 13.2 Å². The number of carbonyl (C=O) groups excluding carboxylic acids is 3. The van der Waals surface area contributed by atoms with Crippen molar-refractivity contribution in [2.45, 2.75) is 56.6 Å². The van der Waals surface area contributed by atoms with Crippen LogP contribution >= 0.6 is 0 Å². The van der Waals surface area contributed by atoms with Gasteiger partial charge in [-0.25, -0.2) is 4.79 Å². The lowest BCUT2D eigenvalue weighted by molar-refractivity contribution is -0.158. The lowest BCUT2D eigenvalue weighted by atomic mass is 9.90. The summed E-state index contributed by atoms with van der Waals surface area (Å²) in [5.41, 5.74) is -1.92. The van der Waals surface area contributed by atoms with Crippen LogP contribution in [-0.2, 0) is 23.5 Å². The Balaban J connectivity index is 1.68. The van der Waals surface area contributed by atoms with Crippen molar-refractivity contribution in [3.8, 4) is 0 Å². The fourth-order valence-electron chi connectivity index (χ4n) is 5.56. The van der Waals surface area contributed by atoms with E-state index in [-0.39, 0.29) is 12.2 Å². The second kappa shape index (κ2) is 12.6. The van der Waals surface area contributed by atoms with E-state index in [2.05, 4.69) is 26.1 Å². The summed E-state index contributed by atoms with van der Waals surface area (Å²) < 4.78 is 17.8. The van der Waals surface area contributed by atoms with Crippen molar-refractivity contribution in [1.82, 2.24) is 5.32 Å². The predicted octanol–water partition coefficient (Wildman–Crippen LogP) is 1.94. The quantitative estimate of drug-likeness (QED) is 0.241. The smallest absolute Gasteiger partial charge is 0.338 e. The molecule has 0 aliphatic carbocycles. The summed E-state index contributed by atoms with van der Waals surface area (Å²) in [5.74, 6) is -2.50. The minimum absolute atomic E-state index is 0.221. The Kier molecular flexibility index (Phi) is 9.32. The fourth-order valence-corrected chi connectivity index (χ4v) is 10.1. The summed E-state index contributed by atoms with van der Waals surface area (Å²) in [4.78, 5) is 38.5. The molecule has 4 rings (SSSR count). The van der Waals surface area contributed by atoms with Crippen LogP contribution in [0.5, 0.6) is 0 Å². The van der Waals surface area contributed by atoms with Gasteiger partial charge in [0.1, 0.15) is 6.10 Å². The van der Waals surface area contributed by atoms with E-state index in [0.717, 1.165) is 17.3 Å². The molecular weight excluding hydrogens is 554 g/mol. The minimum atomic E-state index is -3.08. The molecule has 42 heavy (non-hydrogen) atoms. The van der Waals surface area contributed by atoms with E-state index < -0.39 is 61.7 Å². The van der Waals surface area contributed by atoms with Gasteiger partial charge in [-0.15, -0.1) is 0 Å². The third-order valence-corrected chi connectivity index (χ3v) is 12.6. The van der Waals surface area contributed by atoms with E-state index in [1.807, 2.05) is 60.7 Å². The molecule has 0 bridgehead atoms. The maximum Gasteiger partial charge on any atom is 0.338 e. The number of cyclic esters (lactones) is 1. The number of hydrogen-bond donors (Lipinski definition) is 3. The van der Waals surface area contributed by atoms with Gasteiger partial charge in [0.25, 0.3) is 14.2 Å². The zero-order valence-electron chi connectivity index (χ0n) is 24.2. The molecule has 3 N–H and O–H groups in total. The molecule has 4 atom stereocenters. The van der Waals surface area contributed by atoms with Gasteiger partial charge in [-0.05, 0) is 27.5 Å². The molecular formula is C32H37NO8Si. The molecule has 0 aromatic heterocycles. The highest BCUT2D eigenvalue weighted by Crippen LogP contribution is 2.38. The first-order chi connectivity index (χ1) is 20.0. The van der Waals surface area contributed by atoms with Crippen LogP contribution in [0.25, 0.3) is 0 Å². The number of aliphatic hydroxyl groups excluding tert-OH is 2. The lowest BCUT2D eigenvalue weighted by Gasteiger charge is -2.43. The van der Waals surface area contributed by atoms with Crippen molar-refractivity contribution < 1.29 is 38.5 Å².